The van der Waals surface area contributed by atoms with Crippen LogP contribution in [0.3, 0.4) is 0 Å². The number of anilines is 2. The van der Waals surface area contributed by atoms with Crippen LogP contribution in [0.25, 0.3) is 0 Å². The highest BCUT2D eigenvalue weighted by molar-refractivity contribution is 7.92. The van der Waals surface area contributed by atoms with Gasteiger partial charge in [-0.25, -0.2) is 12.8 Å². The van der Waals surface area contributed by atoms with Crippen molar-refractivity contribution < 1.29 is 12.8 Å². The molecule has 0 heterocycles. The van der Waals surface area contributed by atoms with E-state index >= 15 is 0 Å². The van der Waals surface area contributed by atoms with E-state index in [1.54, 1.807) is 19.1 Å². The van der Waals surface area contributed by atoms with E-state index in [2.05, 4.69) is 4.72 Å². The lowest BCUT2D eigenvalue weighted by molar-refractivity contribution is 0.571. The predicted octanol–water partition coefficient (Wildman–Crippen LogP) is 3.82. The number of hydrogen-bond donors (Lipinski definition) is 2. The van der Waals surface area contributed by atoms with Gasteiger partial charge in [0.25, 0.3) is 10.0 Å². The molecule has 0 saturated carbocycles. The molecule has 0 atom stereocenters. The average Bonchev–Trinajstić information content (AvgIpc) is 2.38. The van der Waals surface area contributed by atoms with E-state index in [0.29, 0.717) is 5.56 Å². The minimum absolute atomic E-state index is 0.0395. The number of nitrogens with two attached hydrogens (primary N) is 1. The fraction of sp³-hybridized carbons (Fsp3) is 0.0769. The number of nitrogen functional groups attached to an aromatic ring is 1. The Bertz CT molecular complexity index is 790. The van der Waals surface area contributed by atoms with E-state index in [0.717, 1.165) is 12.1 Å². The van der Waals surface area contributed by atoms with Crippen molar-refractivity contribution in [2.45, 2.75) is 11.8 Å². The van der Waals surface area contributed by atoms with Gasteiger partial charge in [0.15, 0.2) is 5.82 Å². The summed E-state index contributed by atoms with van der Waals surface area (Å²) in [6, 6.07) is 7.00. The molecule has 0 spiro atoms. The average molecular weight is 349 g/mol. The summed E-state index contributed by atoms with van der Waals surface area (Å²) in [7, 11) is -4.21. The third-order valence-electron chi connectivity index (χ3n) is 2.77. The van der Waals surface area contributed by atoms with Gasteiger partial charge in [0.1, 0.15) is 4.90 Å². The lowest BCUT2D eigenvalue weighted by atomic mass is 10.2. The van der Waals surface area contributed by atoms with Gasteiger partial charge in [0, 0.05) is 5.69 Å². The zero-order chi connectivity index (χ0) is 15.8. The van der Waals surface area contributed by atoms with Crippen molar-refractivity contribution >= 4 is 44.6 Å². The molecule has 112 valence electrons. The minimum Gasteiger partial charge on any atom is -0.399 e. The largest absolute Gasteiger partial charge is 0.399 e. The zero-order valence-electron chi connectivity index (χ0n) is 10.8. The Morgan fingerprint density at radius 2 is 1.86 bits per heavy atom. The van der Waals surface area contributed by atoms with Crippen LogP contribution in [0.1, 0.15) is 5.56 Å². The quantitative estimate of drug-likeness (QED) is 0.828. The highest BCUT2D eigenvalue weighted by Crippen LogP contribution is 2.31. The zero-order valence-corrected chi connectivity index (χ0v) is 13.2. The number of rotatable bonds is 3. The molecule has 3 N–H and O–H groups in total. The third kappa shape index (κ3) is 3.23. The number of nitrogens with one attached hydrogen (secondary N) is 1. The number of halogens is 3. The predicted molar refractivity (Wildman–Crippen MR) is 82.8 cm³/mol. The first-order chi connectivity index (χ1) is 9.72. The summed E-state index contributed by atoms with van der Waals surface area (Å²) in [5.74, 6) is -1.07. The monoisotopic (exact) mass is 348 g/mol. The second kappa shape index (κ2) is 5.71. The molecule has 21 heavy (non-hydrogen) atoms. The molecule has 0 saturated heterocycles. The first kappa shape index (κ1) is 15.9. The second-order valence-electron chi connectivity index (χ2n) is 4.35. The Morgan fingerprint density at radius 1 is 1.19 bits per heavy atom. The van der Waals surface area contributed by atoms with Gasteiger partial charge in [-0.05, 0) is 30.7 Å². The molecule has 0 aliphatic heterocycles. The first-order valence-electron chi connectivity index (χ1n) is 5.75. The molecule has 2 rings (SSSR count). The van der Waals surface area contributed by atoms with Crippen LogP contribution in [0.4, 0.5) is 15.8 Å². The Labute approximate surface area is 131 Å². The molecule has 0 aliphatic carbocycles. The molecular formula is C13H11Cl2FN2O2S. The smallest absolute Gasteiger partial charge is 0.265 e. The normalized spacial score (nSPS) is 11.4. The Morgan fingerprint density at radius 3 is 2.48 bits per heavy atom. The summed E-state index contributed by atoms with van der Waals surface area (Å²) >= 11 is 11.6. The highest BCUT2D eigenvalue weighted by atomic mass is 35.5. The molecule has 0 aliphatic rings. The fourth-order valence-electron chi connectivity index (χ4n) is 1.73. The number of sulfonamides is 1. The van der Waals surface area contributed by atoms with Crippen LogP contribution in [-0.2, 0) is 10.0 Å². The summed E-state index contributed by atoms with van der Waals surface area (Å²) in [5, 5.41) is -0.166. The van der Waals surface area contributed by atoms with Gasteiger partial charge >= 0.3 is 0 Å². The topological polar surface area (TPSA) is 72.2 Å². The van der Waals surface area contributed by atoms with E-state index in [4.69, 9.17) is 28.9 Å². The van der Waals surface area contributed by atoms with Crippen molar-refractivity contribution in [3.63, 3.8) is 0 Å². The summed E-state index contributed by atoms with van der Waals surface area (Å²) in [5.41, 5.74) is 6.32. The third-order valence-corrected chi connectivity index (χ3v) is 4.70. The van der Waals surface area contributed by atoms with Crippen molar-refractivity contribution in [3.05, 3.63) is 51.8 Å². The Hall–Kier alpha value is -1.50. The first-order valence-corrected chi connectivity index (χ1v) is 7.99. The van der Waals surface area contributed by atoms with E-state index in [1.807, 2.05) is 0 Å². The lowest BCUT2D eigenvalue weighted by Gasteiger charge is -2.13. The van der Waals surface area contributed by atoms with Crippen LogP contribution in [-0.4, -0.2) is 8.42 Å². The standard InChI is InChI=1S/C13H11Cl2FN2O2S/c1-7-3-2-4-9(14)13(7)18-21(19,20)11-6-8(17)5-10(15)12(11)16/h2-6,18H,17H2,1H3. The summed E-state index contributed by atoms with van der Waals surface area (Å²) < 4.78 is 40.8. The molecular weight excluding hydrogens is 338 g/mol. The fourth-order valence-corrected chi connectivity index (χ4v) is 3.63. The SMILES string of the molecule is Cc1cccc(Cl)c1NS(=O)(=O)c1cc(N)cc(Cl)c1F. The number of benzene rings is 2. The van der Waals surface area contributed by atoms with Crippen LogP contribution in [0, 0.1) is 12.7 Å². The Balaban J connectivity index is 2.54. The molecule has 0 unspecified atom stereocenters. The van der Waals surface area contributed by atoms with Crippen molar-refractivity contribution in [3.8, 4) is 0 Å². The van der Waals surface area contributed by atoms with Gasteiger partial charge in [-0.1, -0.05) is 35.3 Å². The summed E-state index contributed by atoms with van der Waals surface area (Å²) in [6.45, 7) is 1.67. The lowest BCUT2D eigenvalue weighted by Crippen LogP contribution is -2.16. The summed E-state index contributed by atoms with van der Waals surface area (Å²) in [6.07, 6.45) is 0. The van der Waals surface area contributed by atoms with Crippen LogP contribution in [0.5, 0.6) is 0 Å². The van der Waals surface area contributed by atoms with Gasteiger partial charge < -0.3 is 5.73 Å². The highest BCUT2D eigenvalue weighted by Gasteiger charge is 2.23. The molecule has 2 aromatic rings. The molecule has 8 heteroatoms. The van der Waals surface area contributed by atoms with Gasteiger partial charge in [-0.2, -0.15) is 0 Å². The molecule has 0 bridgehead atoms. The molecule has 0 radical (unpaired) electrons. The van der Waals surface area contributed by atoms with Crippen LogP contribution in [0.15, 0.2) is 35.2 Å². The van der Waals surface area contributed by atoms with Crippen molar-refractivity contribution in [2.75, 3.05) is 10.5 Å². The van der Waals surface area contributed by atoms with E-state index in [-0.39, 0.29) is 21.4 Å². The maximum atomic E-state index is 13.9. The van der Waals surface area contributed by atoms with Crippen molar-refractivity contribution in [1.82, 2.24) is 0 Å². The van der Waals surface area contributed by atoms with Gasteiger partial charge in [-0.15, -0.1) is 0 Å². The van der Waals surface area contributed by atoms with Crippen LogP contribution < -0.4 is 10.5 Å². The summed E-state index contributed by atoms with van der Waals surface area (Å²) in [4.78, 5) is -0.633. The number of hydrogen-bond acceptors (Lipinski definition) is 3. The van der Waals surface area contributed by atoms with Crippen LogP contribution in [0.2, 0.25) is 10.0 Å². The number of aryl methyl sites for hydroxylation is 1. The Kier molecular flexibility index (Phi) is 4.32. The number of para-hydroxylation sites is 1. The van der Waals surface area contributed by atoms with Gasteiger partial charge in [0.05, 0.1) is 15.7 Å². The second-order valence-corrected chi connectivity index (χ2v) is 6.82. The molecule has 4 nitrogen and oxygen atoms in total. The van der Waals surface area contributed by atoms with E-state index in [9.17, 15) is 12.8 Å². The molecule has 2 aromatic carbocycles. The maximum Gasteiger partial charge on any atom is 0.265 e. The molecule has 0 amide bonds. The molecule has 0 fully saturated rings. The van der Waals surface area contributed by atoms with E-state index < -0.39 is 20.7 Å². The maximum absolute atomic E-state index is 13.9. The van der Waals surface area contributed by atoms with Gasteiger partial charge in [-0.3, -0.25) is 4.72 Å². The van der Waals surface area contributed by atoms with Crippen molar-refractivity contribution in [1.29, 1.82) is 0 Å². The molecule has 0 aromatic heterocycles. The van der Waals surface area contributed by atoms with Gasteiger partial charge in [0.2, 0.25) is 0 Å². The van der Waals surface area contributed by atoms with Crippen molar-refractivity contribution in [2.24, 2.45) is 0 Å². The van der Waals surface area contributed by atoms with E-state index in [1.165, 1.54) is 6.07 Å². The van der Waals surface area contributed by atoms with Crippen LogP contribution >= 0.6 is 23.2 Å². The minimum atomic E-state index is -4.21.